The summed E-state index contributed by atoms with van der Waals surface area (Å²) in [7, 11) is 4.16. The molecular weight excluding hydrogens is 246 g/mol. The fraction of sp³-hybridized carbons (Fsp3) is 0.933. The molecule has 0 N–H and O–H groups in total. The molecule has 0 aliphatic heterocycles. The van der Waals surface area contributed by atoms with Gasteiger partial charge in [-0.15, -0.1) is 12.4 Å². The van der Waals surface area contributed by atoms with Crippen molar-refractivity contribution in [2.45, 2.75) is 51.4 Å². The van der Waals surface area contributed by atoms with Gasteiger partial charge in [0.15, 0.2) is 0 Å². The van der Waals surface area contributed by atoms with Gasteiger partial charge in [-0.1, -0.05) is 32.1 Å². The minimum Gasteiger partial charge on any atom is -0.309 e. The quantitative estimate of drug-likeness (QED) is 0.784. The fourth-order valence-electron chi connectivity index (χ4n) is 3.80. The van der Waals surface area contributed by atoms with Crippen LogP contribution in [0.1, 0.15) is 51.4 Å². The summed E-state index contributed by atoms with van der Waals surface area (Å²) in [6.07, 6.45) is 10.3. The van der Waals surface area contributed by atoms with E-state index in [9.17, 15) is 4.79 Å². The smallest absolute Gasteiger partial charge is 0.137 e. The first-order valence-electron chi connectivity index (χ1n) is 7.34. The van der Waals surface area contributed by atoms with E-state index in [0.29, 0.717) is 11.7 Å². The third kappa shape index (κ3) is 4.24. The van der Waals surface area contributed by atoms with Gasteiger partial charge in [-0.25, -0.2) is 0 Å². The van der Waals surface area contributed by atoms with E-state index in [1.807, 2.05) is 0 Å². The zero-order chi connectivity index (χ0) is 12.3. The van der Waals surface area contributed by atoms with Gasteiger partial charge in [0.1, 0.15) is 5.78 Å². The van der Waals surface area contributed by atoms with Gasteiger partial charge in [-0.05, 0) is 38.8 Å². The minimum atomic E-state index is 0. The molecule has 0 aromatic heterocycles. The Morgan fingerprint density at radius 1 is 1.06 bits per heavy atom. The molecule has 0 radical (unpaired) electrons. The molecule has 2 aliphatic carbocycles. The first-order valence-corrected chi connectivity index (χ1v) is 7.34. The van der Waals surface area contributed by atoms with Gasteiger partial charge in [0.25, 0.3) is 0 Å². The van der Waals surface area contributed by atoms with Crippen molar-refractivity contribution in [3.05, 3.63) is 0 Å². The number of hydrogen-bond donors (Lipinski definition) is 0. The van der Waals surface area contributed by atoms with Crippen molar-refractivity contribution < 1.29 is 4.79 Å². The highest BCUT2D eigenvalue weighted by Crippen LogP contribution is 2.39. The van der Waals surface area contributed by atoms with Crippen LogP contribution in [0.5, 0.6) is 0 Å². The van der Waals surface area contributed by atoms with Gasteiger partial charge in [0, 0.05) is 18.9 Å². The van der Waals surface area contributed by atoms with E-state index in [1.54, 1.807) is 0 Å². The van der Waals surface area contributed by atoms with Crippen LogP contribution in [0.25, 0.3) is 0 Å². The van der Waals surface area contributed by atoms with Crippen molar-refractivity contribution in [1.82, 2.24) is 4.90 Å². The SMILES string of the molecule is CN(C)CC1CC(C2CCCCC2)CCC1=O.Cl. The summed E-state index contributed by atoms with van der Waals surface area (Å²) in [4.78, 5) is 14.1. The van der Waals surface area contributed by atoms with E-state index in [4.69, 9.17) is 0 Å². The van der Waals surface area contributed by atoms with Crippen LogP contribution in [0.3, 0.4) is 0 Å². The maximum Gasteiger partial charge on any atom is 0.137 e. The van der Waals surface area contributed by atoms with Crippen LogP contribution >= 0.6 is 12.4 Å². The lowest BCUT2D eigenvalue weighted by Crippen LogP contribution is -2.35. The van der Waals surface area contributed by atoms with Crippen LogP contribution in [-0.4, -0.2) is 31.3 Å². The molecule has 2 nitrogen and oxygen atoms in total. The largest absolute Gasteiger partial charge is 0.309 e. The van der Waals surface area contributed by atoms with Crippen molar-refractivity contribution in [3.8, 4) is 0 Å². The first-order chi connectivity index (χ1) is 8.16. The molecule has 2 fully saturated rings. The van der Waals surface area contributed by atoms with Crippen LogP contribution in [0.4, 0.5) is 0 Å². The average molecular weight is 274 g/mol. The first kappa shape index (κ1) is 16.0. The molecule has 2 saturated carbocycles. The number of ketones is 1. The van der Waals surface area contributed by atoms with Gasteiger partial charge in [-0.2, -0.15) is 0 Å². The summed E-state index contributed by atoms with van der Waals surface area (Å²) in [6, 6.07) is 0. The lowest BCUT2D eigenvalue weighted by Gasteiger charge is -2.36. The second-order valence-electron chi connectivity index (χ2n) is 6.36. The van der Waals surface area contributed by atoms with E-state index >= 15 is 0 Å². The molecule has 0 amide bonds. The Labute approximate surface area is 118 Å². The van der Waals surface area contributed by atoms with Crippen LogP contribution < -0.4 is 0 Å². The van der Waals surface area contributed by atoms with E-state index in [1.165, 1.54) is 44.9 Å². The predicted molar refractivity (Wildman–Crippen MR) is 78.2 cm³/mol. The highest BCUT2D eigenvalue weighted by Gasteiger charge is 2.33. The van der Waals surface area contributed by atoms with Crippen molar-refractivity contribution in [2.75, 3.05) is 20.6 Å². The molecule has 18 heavy (non-hydrogen) atoms. The zero-order valence-corrected chi connectivity index (χ0v) is 12.7. The van der Waals surface area contributed by atoms with E-state index in [2.05, 4.69) is 19.0 Å². The van der Waals surface area contributed by atoms with Crippen LogP contribution in [-0.2, 0) is 4.79 Å². The van der Waals surface area contributed by atoms with Gasteiger partial charge in [0.2, 0.25) is 0 Å². The number of carbonyl (C=O) groups excluding carboxylic acids is 1. The third-order valence-electron chi connectivity index (χ3n) is 4.71. The average Bonchev–Trinajstić information content (AvgIpc) is 2.32. The number of Topliss-reactive ketones (excluding diaryl/α,β-unsaturated/α-hetero) is 1. The second-order valence-corrected chi connectivity index (χ2v) is 6.36. The zero-order valence-electron chi connectivity index (χ0n) is 11.9. The predicted octanol–water partition coefficient (Wildman–Crippen LogP) is 3.54. The molecule has 0 aromatic rings. The molecule has 0 spiro atoms. The van der Waals surface area contributed by atoms with E-state index < -0.39 is 0 Å². The van der Waals surface area contributed by atoms with Crippen molar-refractivity contribution >= 4 is 18.2 Å². The molecule has 2 unspecified atom stereocenters. The van der Waals surface area contributed by atoms with E-state index in [0.717, 1.165) is 24.8 Å². The highest BCUT2D eigenvalue weighted by molar-refractivity contribution is 5.85. The molecule has 2 atom stereocenters. The van der Waals surface area contributed by atoms with Crippen molar-refractivity contribution in [2.24, 2.45) is 17.8 Å². The second kappa shape index (κ2) is 7.49. The third-order valence-corrected chi connectivity index (χ3v) is 4.71. The number of halogens is 1. The molecule has 0 heterocycles. The molecule has 106 valence electrons. The molecule has 0 aromatic carbocycles. The lowest BCUT2D eigenvalue weighted by molar-refractivity contribution is -0.126. The number of rotatable bonds is 3. The Kier molecular flexibility index (Phi) is 6.65. The molecular formula is C15H28ClNO. The normalized spacial score (nSPS) is 30.3. The summed E-state index contributed by atoms with van der Waals surface area (Å²) < 4.78 is 0. The Bertz CT molecular complexity index is 261. The van der Waals surface area contributed by atoms with E-state index in [-0.39, 0.29) is 12.4 Å². The van der Waals surface area contributed by atoms with Gasteiger partial charge >= 0.3 is 0 Å². The monoisotopic (exact) mass is 273 g/mol. The number of carbonyl (C=O) groups is 1. The fourth-order valence-corrected chi connectivity index (χ4v) is 3.80. The molecule has 0 saturated heterocycles. The summed E-state index contributed by atoms with van der Waals surface area (Å²) in [5.74, 6) is 2.62. The molecule has 2 aliphatic rings. The van der Waals surface area contributed by atoms with Gasteiger partial charge in [0.05, 0.1) is 0 Å². The maximum atomic E-state index is 11.9. The molecule has 0 bridgehead atoms. The lowest BCUT2D eigenvalue weighted by atomic mass is 9.70. The maximum absolute atomic E-state index is 11.9. The standard InChI is InChI=1S/C15H27NO.ClH/c1-16(2)11-14-10-13(8-9-15(14)17)12-6-4-3-5-7-12;/h12-14H,3-11H2,1-2H3;1H. The summed E-state index contributed by atoms with van der Waals surface area (Å²) >= 11 is 0. The van der Waals surface area contributed by atoms with Crippen LogP contribution in [0.15, 0.2) is 0 Å². The summed E-state index contributed by atoms with van der Waals surface area (Å²) in [6.45, 7) is 0.960. The highest BCUT2D eigenvalue weighted by atomic mass is 35.5. The topological polar surface area (TPSA) is 20.3 Å². The summed E-state index contributed by atoms with van der Waals surface area (Å²) in [5.41, 5.74) is 0. The van der Waals surface area contributed by atoms with Crippen molar-refractivity contribution in [1.29, 1.82) is 0 Å². The Hall–Kier alpha value is -0.0800. The minimum absolute atomic E-state index is 0. The molecule has 3 heteroatoms. The Balaban J connectivity index is 0.00000162. The van der Waals surface area contributed by atoms with Gasteiger partial charge in [-0.3, -0.25) is 4.79 Å². The number of hydrogen-bond acceptors (Lipinski definition) is 2. The van der Waals surface area contributed by atoms with Gasteiger partial charge < -0.3 is 4.90 Å². The summed E-state index contributed by atoms with van der Waals surface area (Å²) in [5, 5.41) is 0. The number of nitrogens with zero attached hydrogens (tertiary/aromatic N) is 1. The van der Waals surface area contributed by atoms with Crippen LogP contribution in [0.2, 0.25) is 0 Å². The Morgan fingerprint density at radius 2 is 1.72 bits per heavy atom. The Morgan fingerprint density at radius 3 is 2.33 bits per heavy atom. The van der Waals surface area contributed by atoms with Crippen molar-refractivity contribution in [3.63, 3.8) is 0 Å². The van der Waals surface area contributed by atoms with Crippen LogP contribution in [0, 0.1) is 17.8 Å². The molecule has 2 rings (SSSR count).